The molecule has 7 nitrogen and oxygen atoms in total. The number of ether oxygens (including phenoxy) is 3. The molecule has 1 heterocycles. The van der Waals surface area contributed by atoms with Crippen molar-refractivity contribution in [3.8, 4) is 5.75 Å². The Morgan fingerprint density at radius 2 is 1.97 bits per heavy atom. The number of carbonyl (C=O) groups excluding carboxylic acids is 3. The molecule has 0 bridgehead atoms. The molecule has 1 N–H and O–H groups in total. The van der Waals surface area contributed by atoms with Crippen molar-refractivity contribution in [1.82, 2.24) is 0 Å². The summed E-state index contributed by atoms with van der Waals surface area (Å²) in [6, 6.07) is 0. The van der Waals surface area contributed by atoms with Crippen LogP contribution < -0.4 is 10.1 Å². The van der Waals surface area contributed by atoms with Crippen LogP contribution in [0.2, 0.25) is 0 Å². The van der Waals surface area contributed by atoms with Crippen LogP contribution in [0.5, 0.6) is 5.75 Å². The number of benzene rings is 1. The van der Waals surface area contributed by atoms with Gasteiger partial charge in [-0.15, -0.1) is 0 Å². The van der Waals surface area contributed by atoms with Gasteiger partial charge >= 0.3 is 18.4 Å². The number of esters is 2. The maximum atomic E-state index is 12.9. The van der Waals surface area contributed by atoms with E-state index in [-0.39, 0.29) is 36.7 Å². The molecule has 9 heteroatoms. The van der Waals surface area contributed by atoms with Gasteiger partial charge in [-0.05, 0) is 32.3 Å². The Morgan fingerprint density at radius 1 is 1.28 bits per heavy atom. The Hall–Kier alpha value is -2.97. The van der Waals surface area contributed by atoms with Crippen molar-refractivity contribution < 1.29 is 37.4 Å². The van der Waals surface area contributed by atoms with E-state index in [1.54, 1.807) is 19.9 Å². The molecule has 0 radical (unpaired) electrons. The number of hydrogen-bond donors (Lipinski definition) is 1. The van der Waals surface area contributed by atoms with Crippen LogP contribution >= 0.6 is 0 Å². The molecule has 1 aliphatic heterocycles. The molecule has 29 heavy (non-hydrogen) atoms. The van der Waals surface area contributed by atoms with Gasteiger partial charge in [-0.25, -0.2) is 4.79 Å². The molecule has 0 unspecified atom stereocenters. The predicted octanol–water partition coefficient (Wildman–Crippen LogP) is 3.32. The number of carbonyl (C=O) groups is 3. The second kappa shape index (κ2) is 9.49. The lowest BCUT2D eigenvalue weighted by Crippen LogP contribution is -2.23. The van der Waals surface area contributed by atoms with E-state index in [0.717, 1.165) is 5.57 Å². The second-order valence-electron chi connectivity index (χ2n) is 6.56. The van der Waals surface area contributed by atoms with Crippen molar-refractivity contribution in [2.24, 2.45) is 0 Å². The third-order valence-electron chi connectivity index (χ3n) is 4.73. The first-order chi connectivity index (χ1) is 13.7. The summed E-state index contributed by atoms with van der Waals surface area (Å²) >= 11 is 0. The maximum Gasteiger partial charge on any atom is 0.341 e. The predicted molar refractivity (Wildman–Crippen MR) is 100 cm³/mol. The first-order valence-electron chi connectivity index (χ1n) is 8.92. The molecule has 0 saturated heterocycles. The molecule has 1 aromatic rings. The van der Waals surface area contributed by atoms with E-state index in [0.29, 0.717) is 28.9 Å². The van der Waals surface area contributed by atoms with Crippen LogP contribution in [-0.4, -0.2) is 38.5 Å². The van der Waals surface area contributed by atoms with Gasteiger partial charge in [-0.1, -0.05) is 11.6 Å². The van der Waals surface area contributed by atoms with Gasteiger partial charge in [0.05, 0.1) is 25.5 Å². The second-order valence-corrected chi connectivity index (χ2v) is 6.56. The molecular formula is C20H23F2NO6. The van der Waals surface area contributed by atoms with Gasteiger partial charge in [0.2, 0.25) is 0 Å². The van der Waals surface area contributed by atoms with Crippen LogP contribution in [0.15, 0.2) is 11.6 Å². The molecule has 0 aromatic heterocycles. The molecule has 0 fully saturated rings. The minimum absolute atomic E-state index is 0.0256. The van der Waals surface area contributed by atoms with Gasteiger partial charge in [0.1, 0.15) is 12.4 Å². The summed E-state index contributed by atoms with van der Waals surface area (Å²) in [4.78, 5) is 35.2. The Kier molecular flexibility index (Phi) is 7.30. The van der Waals surface area contributed by atoms with Crippen molar-refractivity contribution in [3.05, 3.63) is 33.9 Å². The average molecular weight is 411 g/mol. The van der Waals surface area contributed by atoms with Gasteiger partial charge < -0.3 is 19.5 Å². The number of amides is 1. The van der Waals surface area contributed by atoms with Gasteiger partial charge in [-0.2, -0.15) is 8.78 Å². The minimum atomic E-state index is -3.25. The number of hydrogen-bond acceptors (Lipinski definition) is 6. The molecule has 1 aliphatic rings. The normalized spacial score (nSPS) is 13.2. The van der Waals surface area contributed by atoms with Crippen molar-refractivity contribution in [1.29, 1.82) is 0 Å². The molecule has 0 saturated carbocycles. The van der Waals surface area contributed by atoms with Crippen LogP contribution in [0.4, 0.5) is 14.5 Å². The number of methoxy groups -OCH3 is 2. The summed E-state index contributed by atoms with van der Waals surface area (Å²) < 4.78 is 40.8. The van der Waals surface area contributed by atoms with E-state index in [2.05, 4.69) is 10.1 Å². The van der Waals surface area contributed by atoms with Gasteiger partial charge in [0.25, 0.3) is 5.91 Å². The Morgan fingerprint density at radius 3 is 2.55 bits per heavy atom. The van der Waals surface area contributed by atoms with Gasteiger partial charge in [-0.3, -0.25) is 9.59 Å². The Balaban J connectivity index is 2.49. The lowest BCUT2D eigenvalue weighted by atomic mass is 9.93. The highest BCUT2D eigenvalue weighted by Crippen LogP contribution is 2.41. The number of anilines is 1. The fourth-order valence-corrected chi connectivity index (χ4v) is 3.15. The monoisotopic (exact) mass is 411 g/mol. The summed E-state index contributed by atoms with van der Waals surface area (Å²) in [5, 5.41) is 2.15. The first kappa shape index (κ1) is 22.3. The van der Waals surface area contributed by atoms with E-state index in [1.165, 1.54) is 14.2 Å². The van der Waals surface area contributed by atoms with E-state index < -0.39 is 18.3 Å². The Labute approximate surface area is 167 Å². The topological polar surface area (TPSA) is 90.9 Å². The number of rotatable bonds is 8. The van der Waals surface area contributed by atoms with Crippen LogP contribution in [0, 0.1) is 6.92 Å². The number of fused-ring (bicyclic) bond motifs is 1. The number of nitrogens with one attached hydrogen (secondary N) is 1. The molecule has 0 aliphatic carbocycles. The summed E-state index contributed by atoms with van der Waals surface area (Å²) in [6.45, 7) is 3.51. The standard InChI is InChI=1S/C20H23F2NO6/c1-10(6-8-14(24)27-3)5-7-12-16(23-19(25)18(21)22)15-13(9-29-20(15)26)11(2)17(12)28-4/h5,18H,6-9H2,1-4H3,(H,23,25). The highest BCUT2D eigenvalue weighted by Gasteiger charge is 2.33. The van der Waals surface area contributed by atoms with Gasteiger partial charge in [0, 0.05) is 17.5 Å². The lowest BCUT2D eigenvalue weighted by molar-refractivity contribution is -0.140. The third-order valence-corrected chi connectivity index (χ3v) is 4.73. The van der Waals surface area contributed by atoms with Crippen LogP contribution in [-0.2, 0) is 32.1 Å². The zero-order valence-corrected chi connectivity index (χ0v) is 16.7. The molecule has 1 amide bonds. The van der Waals surface area contributed by atoms with Crippen LogP contribution in [0.25, 0.3) is 0 Å². The van der Waals surface area contributed by atoms with E-state index in [9.17, 15) is 23.2 Å². The summed E-state index contributed by atoms with van der Waals surface area (Å²) in [5.74, 6) is -2.19. The zero-order chi connectivity index (χ0) is 21.7. The fourth-order valence-electron chi connectivity index (χ4n) is 3.15. The van der Waals surface area contributed by atoms with E-state index in [4.69, 9.17) is 9.47 Å². The van der Waals surface area contributed by atoms with Crippen LogP contribution in [0.1, 0.15) is 46.8 Å². The van der Waals surface area contributed by atoms with Crippen molar-refractivity contribution >= 4 is 23.5 Å². The molecule has 1 aromatic carbocycles. The third kappa shape index (κ3) is 4.90. The number of halogens is 2. The Bertz CT molecular complexity index is 863. The summed E-state index contributed by atoms with van der Waals surface area (Å²) in [7, 11) is 2.72. The lowest BCUT2D eigenvalue weighted by Gasteiger charge is -2.19. The molecule has 2 rings (SSSR count). The van der Waals surface area contributed by atoms with E-state index >= 15 is 0 Å². The molecular weight excluding hydrogens is 388 g/mol. The quantitative estimate of drug-likeness (QED) is 0.521. The molecule has 0 atom stereocenters. The molecule has 158 valence electrons. The van der Waals surface area contributed by atoms with Crippen molar-refractivity contribution in [2.75, 3.05) is 19.5 Å². The highest BCUT2D eigenvalue weighted by atomic mass is 19.3. The number of cyclic esters (lactones) is 1. The van der Waals surface area contributed by atoms with E-state index in [1.807, 2.05) is 0 Å². The average Bonchev–Trinajstić information content (AvgIpc) is 3.08. The van der Waals surface area contributed by atoms with Gasteiger partial charge in [0.15, 0.2) is 0 Å². The maximum absolute atomic E-state index is 12.9. The highest BCUT2D eigenvalue weighted by molar-refractivity contribution is 6.06. The zero-order valence-electron chi connectivity index (χ0n) is 16.7. The molecule has 0 spiro atoms. The number of alkyl halides is 2. The number of allylic oxidation sites excluding steroid dienone is 2. The summed E-state index contributed by atoms with van der Waals surface area (Å²) in [6.07, 6.45) is -0.637. The first-order valence-corrected chi connectivity index (χ1v) is 8.92. The van der Waals surface area contributed by atoms with Crippen molar-refractivity contribution in [3.63, 3.8) is 0 Å². The minimum Gasteiger partial charge on any atom is -0.496 e. The fraction of sp³-hybridized carbons (Fsp3) is 0.450. The SMILES string of the molecule is COC(=O)CCC(C)=CCc1c(NC(=O)C(F)F)c2c(c(C)c1OC)COC2=O. The van der Waals surface area contributed by atoms with Crippen molar-refractivity contribution in [2.45, 2.75) is 46.1 Å². The largest absolute Gasteiger partial charge is 0.496 e. The smallest absolute Gasteiger partial charge is 0.341 e. The van der Waals surface area contributed by atoms with Crippen LogP contribution in [0.3, 0.4) is 0 Å². The summed E-state index contributed by atoms with van der Waals surface area (Å²) in [5.41, 5.74) is 2.39.